The van der Waals surface area contributed by atoms with Crippen LogP contribution < -0.4 is 0 Å². The van der Waals surface area contributed by atoms with Crippen LogP contribution in [0.25, 0.3) is 0 Å². The third kappa shape index (κ3) is 44.1. The lowest BCUT2D eigenvalue weighted by molar-refractivity contribution is -0.167. The highest BCUT2D eigenvalue weighted by atomic mass is 16.6. The molecule has 0 aliphatic rings. The van der Waals surface area contributed by atoms with Crippen molar-refractivity contribution in [1.82, 2.24) is 0 Å². The summed E-state index contributed by atoms with van der Waals surface area (Å²) in [5.41, 5.74) is 0. The molecule has 6 nitrogen and oxygen atoms in total. The van der Waals surface area contributed by atoms with Gasteiger partial charge in [-0.05, 0) is 77.0 Å². The Hall–Kier alpha value is -2.89. The second-order valence-electron chi connectivity index (χ2n) is 15.7. The molecule has 0 N–H and O–H groups in total. The Morgan fingerprint density at radius 3 is 1.23 bits per heavy atom. The molecule has 0 amide bonds. The number of allylic oxidation sites excluding steroid dienone is 10. The van der Waals surface area contributed by atoms with Crippen molar-refractivity contribution in [3.05, 3.63) is 60.8 Å². The van der Waals surface area contributed by atoms with Crippen molar-refractivity contribution in [2.75, 3.05) is 13.2 Å². The number of carbonyl (C=O) groups excluding carboxylic acids is 3. The Morgan fingerprint density at radius 1 is 0.386 bits per heavy atom. The summed E-state index contributed by atoms with van der Waals surface area (Å²) in [6.45, 7) is 6.44. The lowest BCUT2D eigenvalue weighted by atomic mass is 10.1. The van der Waals surface area contributed by atoms with Gasteiger partial charge in [-0.1, -0.05) is 191 Å². The third-order valence-corrected chi connectivity index (χ3v) is 10.0. The Bertz CT molecular complexity index is 1050. The molecule has 0 spiro atoms. The maximum Gasteiger partial charge on any atom is 0.306 e. The van der Waals surface area contributed by atoms with Crippen LogP contribution in [0.15, 0.2) is 60.8 Å². The van der Waals surface area contributed by atoms with Crippen molar-refractivity contribution in [2.24, 2.45) is 0 Å². The smallest absolute Gasteiger partial charge is 0.306 e. The van der Waals surface area contributed by atoms with E-state index in [9.17, 15) is 14.4 Å². The van der Waals surface area contributed by atoms with Gasteiger partial charge in [0.15, 0.2) is 6.10 Å². The van der Waals surface area contributed by atoms with Crippen LogP contribution in [-0.2, 0) is 28.6 Å². The van der Waals surface area contributed by atoms with E-state index in [1.165, 1.54) is 96.3 Å². The molecule has 0 bridgehead atoms. The number of hydrogen-bond acceptors (Lipinski definition) is 6. The summed E-state index contributed by atoms with van der Waals surface area (Å²) in [6.07, 6.45) is 54.9. The first kappa shape index (κ1) is 54.1. The minimum Gasteiger partial charge on any atom is -0.462 e. The molecule has 0 radical (unpaired) electrons. The predicted octanol–water partition coefficient (Wildman–Crippen LogP) is 15.3. The third-order valence-electron chi connectivity index (χ3n) is 10.0. The zero-order chi connectivity index (χ0) is 41.5. The van der Waals surface area contributed by atoms with Gasteiger partial charge in [0, 0.05) is 19.3 Å². The van der Waals surface area contributed by atoms with Crippen LogP contribution in [0.3, 0.4) is 0 Å². The first-order valence-electron chi connectivity index (χ1n) is 23.8. The van der Waals surface area contributed by atoms with Crippen LogP contribution in [0.1, 0.15) is 226 Å². The zero-order valence-corrected chi connectivity index (χ0v) is 37.3. The fraction of sp³-hybridized carbons (Fsp3) is 0.745. The summed E-state index contributed by atoms with van der Waals surface area (Å²) < 4.78 is 16.7. The quantitative estimate of drug-likeness (QED) is 0.0201. The zero-order valence-electron chi connectivity index (χ0n) is 37.3. The van der Waals surface area contributed by atoms with Gasteiger partial charge < -0.3 is 14.2 Å². The van der Waals surface area contributed by atoms with Gasteiger partial charge in [-0.15, -0.1) is 0 Å². The van der Waals surface area contributed by atoms with Gasteiger partial charge in [0.05, 0.1) is 0 Å². The lowest BCUT2D eigenvalue weighted by Crippen LogP contribution is -2.30. The SMILES string of the molecule is CC/C=C\C/C=C\C/C=C\CCCCC(=O)OC(COC(=O)CCCCC/C=C\C=C/CCCCCCCCC)COC(=O)CCCCCCCCCCCCC. The largest absolute Gasteiger partial charge is 0.462 e. The highest BCUT2D eigenvalue weighted by Gasteiger charge is 2.19. The summed E-state index contributed by atoms with van der Waals surface area (Å²) in [5.74, 6) is -0.966. The fourth-order valence-corrected chi connectivity index (χ4v) is 6.45. The van der Waals surface area contributed by atoms with Crippen molar-refractivity contribution < 1.29 is 28.6 Å². The van der Waals surface area contributed by atoms with E-state index in [0.29, 0.717) is 19.3 Å². The van der Waals surface area contributed by atoms with Crippen molar-refractivity contribution in [2.45, 2.75) is 232 Å². The van der Waals surface area contributed by atoms with Gasteiger partial charge in [-0.2, -0.15) is 0 Å². The van der Waals surface area contributed by atoms with E-state index in [1.54, 1.807) is 0 Å². The fourth-order valence-electron chi connectivity index (χ4n) is 6.45. The van der Waals surface area contributed by atoms with Gasteiger partial charge in [-0.3, -0.25) is 14.4 Å². The molecular weight excluding hydrogens is 709 g/mol. The van der Waals surface area contributed by atoms with E-state index < -0.39 is 6.10 Å². The van der Waals surface area contributed by atoms with Gasteiger partial charge in [-0.25, -0.2) is 0 Å². The molecule has 0 rings (SSSR count). The van der Waals surface area contributed by atoms with Crippen molar-refractivity contribution in [1.29, 1.82) is 0 Å². The molecule has 1 atom stereocenters. The summed E-state index contributed by atoms with van der Waals surface area (Å²) in [4.78, 5) is 37.8. The van der Waals surface area contributed by atoms with Crippen molar-refractivity contribution in [3.63, 3.8) is 0 Å². The molecule has 0 saturated heterocycles. The van der Waals surface area contributed by atoms with Crippen molar-refractivity contribution >= 4 is 17.9 Å². The molecule has 0 aromatic carbocycles. The average molecular weight is 797 g/mol. The molecule has 328 valence electrons. The summed E-state index contributed by atoms with van der Waals surface area (Å²) >= 11 is 0. The Morgan fingerprint density at radius 2 is 0.737 bits per heavy atom. The predicted molar refractivity (Wildman–Crippen MR) is 242 cm³/mol. The molecule has 6 heteroatoms. The van der Waals surface area contributed by atoms with E-state index in [1.807, 2.05) is 0 Å². The lowest BCUT2D eigenvalue weighted by Gasteiger charge is -2.18. The van der Waals surface area contributed by atoms with Crippen LogP contribution in [-0.4, -0.2) is 37.2 Å². The molecule has 0 aliphatic carbocycles. The molecule has 0 aromatic rings. The molecule has 0 aliphatic heterocycles. The van der Waals surface area contributed by atoms with Crippen LogP contribution in [0.5, 0.6) is 0 Å². The Labute approximate surface area is 351 Å². The molecular formula is C51H88O6. The summed E-state index contributed by atoms with van der Waals surface area (Å²) in [7, 11) is 0. The van der Waals surface area contributed by atoms with E-state index >= 15 is 0 Å². The van der Waals surface area contributed by atoms with E-state index in [4.69, 9.17) is 14.2 Å². The molecule has 0 heterocycles. The molecule has 0 saturated carbocycles. The second kappa shape index (κ2) is 45.8. The van der Waals surface area contributed by atoms with E-state index in [2.05, 4.69) is 81.5 Å². The van der Waals surface area contributed by atoms with E-state index in [-0.39, 0.29) is 37.5 Å². The summed E-state index contributed by atoms with van der Waals surface area (Å²) in [5, 5.41) is 0. The topological polar surface area (TPSA) is 78.9 Å². The Balaban J connectivity index is 4.45. The number of unbranched alkanes of at least 4 members (excludes halogenated alkanes) is 22. The van der Waals surface area contributed by atoms with Gasteiger partial charge in [0.25, 0.3) is 0 Å². The highest BCUT2D eigenvalue weighted by Crippen LogP contribution is 2.14. The Kier molecular flexibility index (Phi) is 43.5. The number of ether oxygens (including phenoxy) is 3. The normalized spacial score (nSPS) is 12.5. The van der Waals surface area contributed by atoms with Crippen LogP contribution >= 0.6 is 0 Å². The first-order valence-corrected chi connectivity index (χ1v) is 23.8. The average Bonchev–Trinajstić information content (AvgIpc) is 3.21. The maximum absolute atomic E-state index is 12.7. The van der Waals surface area contributed by atoms with Crippen LogP contribution in [0, 0.1) is 0 Å². The number of esters is 3. The monoisotopic (exact) mass is 797 g/mol. The maximum atomic E-state index is 12.7. The molecule has 57 heavy (non-hydrogen) atoms. The second-order valence-corrected chi connectivity index (χ2v) is 15.7. The standard InChI is InChI=1S/C51H88O6/c1-4-7-10-13-16-19-22-24-25-26-27-30-32-35-38-41-44-50(53)56-47-48(46-55-49(52)43-40-37-34-31-28-21-18-15-12-9-6-3)57-51(54)45-42-39-36-33-29-23-20-17-14-11-8-5-2/h8,11,17,20,25-27,29-30,33,48H,4-7,9-10,12-16,18-19,21-24,28,31-32,34-47H2,1-3H3/b11-8-,20-17-,26-25-,30-27-,33-29-. The number of rotatable bonds is 42. The van der Waals surface area contributed by atoms with Gasteiger partial charge in [0.2, 0.25) is 0 Å². The minimum atomic E-state index is -0.800. The van der Waals surface area contributed by atoms with Crippen LogP contribution in [0.2, 0.25) is 0 Å². The number of hydrogen-bond donors (Lipinski definition) is 0. The van der Waals surface area contributed by atoms with Crippen LogP contribution in [0.4, 0.5) is 0 Å². The highest BCUT2D eigenvalue weighted by molar-refractivity contribution is 5.71. The van der Waals surface area contributed by atoms with Gasteiger partial charge >= 0.3 is 17.9 Å². The van der Waals surface area contributed by atoms with E-state index in [0.717, 1.165) is 83.5 Å². The molecule has 1 unspecified atom stereocenters. The van der Waals surface area contributed by atoms with Crippen molar-refractivity contribution in [3.8, 4) is 0 Å². The minimum absolute atomic E-state index is 0.0970. The summed E-state index contributed by atoms with van der Waals surface area (Å²) in [6, 6.07) is 0. The molecule has 0 aromatic heterocycles. The number of carbonyl (C=O) groups is 3. The first-order chi connectivity index (χ1) is 28.0. The van der Waals surface area contributed by atoms with Gasteiger partial charge in [0.1, 0.15) is 13.2 Å². The molecule has 0 fully saturated rings.